The van der Waals surface area contributed by atoms with Gasteiger partial charge in [-0.2, -0.15) is 0 Å². The molecule has 0 saturated carbocycles. The van der Waals surface area contributed by atoms with E-state index in [0.717, 1.165) is 12.8 Å². The smallest absolute Gasteiger partial charge is 0.161 e. The van der Waals surface area contributed by atoms with Crippen molar-refractivity contribution < 1.29 is 24.4 Å². The maximum atomic E-state index is 8.83. The molecule has 5 heteroatoms. The van der Waals surface area contributed by atoms with Crippen LogP contribution < -0.4 is 0 Å². The number of rotatable bonds is 12. The molecule has 0 aromatic rings. The Balaban J connectivity index is 4.33. The van der Waals surface area contributed by atoms with E-state index < -0.39 is 0 Å². The zero-order valence-electron chi connectivity index (χ0n) is 12.7. The Morgan fingerprint density at radius 1 is 0.737 bits per heavy atom. The van der Waals surface area contributed by atoms with Gasteiger partial charge in [0.05, 0.1) is 26.4 Å². The van der Waals surface area contributed by atoms with Gasteiger partial charge in [-0.05, 0) is 11.8 Å². The average molecular weight is 278 g/mol. The molecule has 0 heterocycles. The summed E-state index contributed by atoms with van der Waals surface area (Å²) in [5, 5.41) is 17.7. The molecule has 0 aliphatic carbocycles. The molecule has 0 bridgehead atoms. The number of aliphatic hydroxyl groups is 2. The van der Waals surface area contributed by atoms with Crippen LogP contribution >= 0.6 is 0 Å². The molecule has 0 aromatic heterocycles. The first-order valence-electron chi connectivity index (χ1n) is 7.10. The van der Waals surface area contributed by atoms with E-state index in [1.165, 1.54) is 0 Å². The van der Waals surface area contributed by atoms with E-state index in [1.807, 2.05) is 0 Å². The summed E-state index contributed by atoms with van der Waals surface area (Å²) in [7, 11) is 0. The fraction of sp³-hybridized carbons (Fsp3) is 1.00. The third-order valence-corrected chi connectivity index (χ3v) is 2.42. The highest BCUT2D eigenvalue weighted by molar-refractivity contribution is 4.56. The fourth-order valence-electron chi connectivity index (χ4n) is 1.63. The number of ether oxygens (including phenoxy) is 3. The van der Waals surface area contributed by atoms with Gasteiger partial charge in [-0.15, -0.1) is 0 Å². The minimum atomic E-state index is -0.380. The molecule has 0 spiro atoms. The molecule has 0 rings (SSSR count). The molecule has 19 heavy (non-hydrogen) atoms. The van der Waals surface area contributed by atoms with Crippen molar-refractivity contribution in [3.05, 3.63) is 0 Å². The van der Waals surface area contributed by atoms with Crippen molar-refractivity contribution in [1.29, 1.82) is 0 Å². The molecule has 0 fully saturated rings. The van der Waals surface area contributed by atoms with E-state index in [-0.39, 0.29) is 39.0 Å². The number of hydrogen-bond acceptors (Lipinski definition) is 5. The summed E-state index contributed by atoms with van der Waals surface area (Å²) < 4.78 is 16.8. The monoisotopic (exact) mass is 278 g/mol. The van der Waals surface area contributed by atoms with Crippen molar-refractivity contribution in [1.82, 2.24) is 0 Å². The van der Waals surface area contributed by atoms with E-state index in [2.05, 4.69) is 27.7 Å². The van der Waals surface area contributed by atoms with Crippen molar-refractivity contribution in [3.63, 3.8) is 0 Å². The van der Waals surface area contributed by atoms with Gasteiger partial charge in [0, 0.05) is 12.8 Å². The molecule has 0 amide bonds. The second-order valence-corrected chi connectivity index (χ2v) is 5.44. The van der Waals surface area contributed by atoms with Crippen LogP contribution in [0.5, 0.6) is 0 Å². The topological polar surface area (TPSA) is 68.2 Å². The molecule has 0 aliphatic rings. The zero-order valence-corrected chi connectivity index (χ0v) is 12.7. The lowest BCUT2D eigenvalue weighted by atomic mass is 10.1. The second-order valence-electron chi connectivity index (χ2n) is 5.44. The van der Waals surface area contributed by atoms with Gasteiger partial charge < -0.3 is 24.4 Å². The Labute approximate surface area is 116 Å². The highest BCUT2D eigenvalue weighted by atomic mass is 16.8. The molecule has 2 atom stereocenters. The van der Waals surface area contributed by atoms with Crippen LogP contribution in [-0.2, 0) is 14.2 Å². The lowest BCUT2D eigenvalue weighted by Gasteiger charge is -2.27. The van der Waals surface area contributed by atoms with Gasteiger partial charge in [0.1, 0.15) is 0 Å². The molecule has 2 unspecified atom stereocenters. The van der Waals surface area contributed by atoms with Crippen LogP contribution in [0.2, 0.25) is 0 Å². The number of aliphatic hydroxyl groups excluding tert-OH is 2. The lowest BCUT2D eigenvalue weighted by molar-refractivity contribution is -0.256. The van der Waals surface area contributed by atoms with Crippen molar-refractivity contribution in [2.24, 2.45) is 11.8 Å². The van der Waals surface area contributed by atoms with Crippen LogP contribution in [0.1, 0.15) is 40.5 Å². The maximum Gasteiger partial charge on any atom is 0.161 e. The Morgan fingerprint density at radius 3 is 1.37 bits per heavy atom. The minimum Gasteiger partial charge on any atom is -0.394 e. The van der Waals surface area contributed by atoms with Crippen LogP contribution in [-0.4, -0.2) is 49.2 Å². The highest BCUT2D eigenvalue weighted by Gasteiger charge is 2.20. The van der Waals surface area contributed by atoms with Gasteiger partial charge in [0.15, 0.2) is 12.6 Å². The van der Waals surface area contributed by atoms with Crippen molar-refractivity contribution in [2.75, 3.05) is 26.4 Å². The highest BCUT2D eigenvalue weighted by Crippen LogP contribution is 2.17. The van der Waals surface area contributed by atoms with Crippen molar-refractivity contribution in [3.8, 4) is 0 Å². The predicted molar refractivity (Wildman–Crippen MR) is 73.6 cm³/mol. The second kappa shape index (κ2) is 11.6. The summed E-state index contributed by atoms with van der Waals surface area (Å²) >= 11 is 0. The van der Waals surface area contributed by atoms with Gasteiger partial charge in [0.2, 0.25) is 0 Å². The third-order valence-electron chi connectivity index (χ3n) is 2.42. The summed E-state index contributed by atoms with van der Waals surface area (Å²) in [6, 6.07) is 0. The maximum absolute atomic E-state index is 8.83. The fourth-order valence-corrected chi connectivity index (χ4v) is 1.63. The Kier molecular flexibility index (Phi) is 11.5. The SMILES string of the molecule is CC(C)CC(OCCO)OC(CC(C)C)OCCO. The zero-order chi connectivity index (χ0) is 14.7. The van der Waals surface area contributed by atoms with Crippen LogP contribution in [0.25, 0.3) is 0 Å². The number of hydrogen-bond donors (Lipinski definition) is 2. The Bertz CT molecular complexity index is 176. The predicted octanol–water partition coefficient (Wildman–Crippen LogP) is 1.77. The molecule has 0 saturated heterocycles. The van der Waals surface area contributed by atoms with E-state index >= 15 is 0 Å². The van der Waals surface area contributed by atoms with Gasteiger partial charge in [-0.25, -0.2) is 0 Å². The van der Waals surface area contributed by atoms with E-state index in [0.29, 0.717) is 11.8 Å². The minimum absolute atomic E-state index is 0.0235. The van der Waals surface area contributed by atoms with E-state index in [4.69, 9.17) is 24.4 Å². The first kappa shape index (κ1) is 18.8. The van der Waals surface area contributed by atoms with Gasteiger partial charge in [-0.3, -0.25) is 0 Å². The summed E-state index contributed by atoms with van der Waals surface area (Å²) in [6.07, 6.45) is 0.734. The van der Waals surface area contributed by atoms with Gasteiger partial charge in [-0.1, -0.05) is 27.7 Å². The van der Waals surface area contributed by atoms with E-state index in [9.17, 15) is 0 Å². The summed E-state index contributed by atoms with van der Waals surface area (Å²) in [6.45, 7) is 8.82. The van der Waals surface area contributed by atoms with E-state index in [1.54, 1.807) is 0 Å². The van der Waals surface area contributed by atoms with Gasteiger partial charge >= 0.3 is 0 Å². The van der Waals surface area contributed by atoms with Crippen LogP contribution in [0.15, 0.2) is 0 Å². The Morgan fingerprint density at radius 2 is 1.11 bits per heavy atom. The largest absolute Gasteiger partial charge is 0.394 e. The van der Waals surface area contributed by atoms with Crippen molar-refractivity contribution >= 4 is 0 Å². The molecule has 5 nitrogen and oxygen atoms in total. The molecule has 0 aromatic carbocycles. The molecule has 0 aliphatic heterocycles. The molecular formula is C14H30O5. The summed E-state index contributed by atoms with van der Waals surface area (Å²) in [5.41, 5.74) is 0. The Hall–Kier alpha value is -0.200. The third kappa shape index (κ3) is 11.3. The molecule has 0 radical (unpaired) electrons. The molecular weight excluding hydrogens is 248 g/mol. The quantitative estimate of drug-likeness (QED) is 0.532. The molecule has 116 valence electrons. The lowest BCUT2D eigenvalue weighted by Crippen LogP contribution is -2.30. The summed E-state index contributed by atoms with van der Waals surface area (Å²) in [4.78, 5) is 0. The molecule has 2 N–H and O–H groups in total. The van der Waals surface area contributed by atoms with Gasteiger partial charge in [0.25, 0.3) is 0 Å². The first-order valence-corrected chi connectivity index (χ1v) is 7.10. The van der Waals surface area contributed by atoms with Crippen molar-refractivity contribution in [2.45, 2.75) is 53.1 Å². The first-order chi connectivity index (χ1) is 8.99. The normalized spacial score (nSPS) is 15.2. The van der Waals surface area contributed by atoms with Crippen LogP contribution in [0.4, 0.5) is 0 Å². The summed E-state index contributed by atoms with van der Waals surface area (Å²) in [5.74, 6) is 0.863. The van der Waals surface area contributed by atoms with Crippen LogP contribution in [0.3, 0.4) is 0 Å². The standard InChI is InChI=1S/C14H30O5/c1-11(2)9-13(17-7-5-15)19-14(10-12(3)4)18-8-6-16/h11-16H,5-10H2,1-4H3. The van der Waals surface area contributed by atoms with Crippen LogP contribution in [0, 0.1) is 11.8 Å². The average Bonchev–Trinajstić information content (AvgIpc) is 2.31.